The lowest BCUT2D eigenvalue weighted by Gasteiger charge is -2.32. The molecule has 3 fully saturated rings. The van der Waals surface area contributed by atoms with E-state index in [0.29, 0.717) is 60.9 Å². The monoisotopic (exact) mass is 774 g/mol. The van der Waals surface area contributed by atoms with Crippen molar-refractivity contribution in [2.45, 2.75) is 75.8 Å². The number of nitrogens with zero attached hydrogens (tertiary/aromatic N) is 5. The molecule has 0 radical (unpaired) electrons. The van der Waals surface area contributed by atoms with Crippen LogP contribution in [0.15, 0.2) is 85.2 Å². The van der Waals surface area contributed by atoms with E-state index in [0.717, 1.165) is 76.0 Å². The number of rotatable bonds is 13. The third-order valence-corrected chi connectivity index (χ3v) is 11.7. The molecule has 11 nitrogen and oxygen atoms in total. The molecule has 2 atom stereocenters. The second kappa shape index (κ2) is 17.2. The maximum Gasteiger partial charge on any atom is 0.256 e. The number of likely N-dealkylation sites (tertiary alicyclic amines) is 1. The van der Waals surface area contributed by atoms with Crippen LogP contribution in [0.2, 0.25) is 0 Å². The van der Waals surface area contributed by atoms with Crippen LogP contribution in [0, 0.1) is 11.6 Å². The van der Waals surface area contributed by atoms with Crippen molar-refractivity contribution in [1.29, 1.82) is 0 Å². The predicted molar refractivity (Wildman–Crippen MR) is 214 cm³/mol. The smallest absolute Gasteiger partial charge is 0.256 e. The van der Waals surface area contributed by atoms with Gasteiger partial charge < -0.3 is 20.4 Å². The van der Waals surface area contributed by atoms with Crippen LogP contribution in [0.25, 0.3) is 5.65 Å². The Morgan fingerprint density at radius 2 is 1.65 bits per heavy atom. The van der Waals surface area contributed by atoms with Crippen LogP contribution in [-0.2, 0) is 22.4 Å². The van der Waals surface area contributed by atoms with Crippen molar-refractivity contribution in [3.63, 3.8) is 0 Å². The van der Waals surface area contributed by atoms with Gasteiger partial charge in [-0.05, 0) is 123 Å². The van der Waals surface area contributed by atoms with Crippen molar-refractivity contribution >= 4 is 34.9 Å². The van der Waals surface area contributed by atoms with Gasteiger partial charge in [0.25, 0.3) is 5.91 Å². The van der Waals surface area contributed by atoms with Gasteiger partial charge in [-0.3, -0.25) is 19.7 Å². The summed E-state index contributed by atoms with van der Waals surface area (Å²) in [6.07, 6.45) is 10.5. The van der Waals surface area contributed by atoms with Gasteiger partial charge in [-0.2, -0.15) is 5.10 Å². The van der Waals surface area contributed by atoms with Crippen LogP contribution < -0.4 is 20.9 Å². The van der Waals surface area contributed by atoms with Gasteiger partial charge in [0.2, 0.25) is 11.8 Å². The Morgan fingerprint density at radius 3 is 2.42 bits per heavy atom. The summed E-state index contributed by atoms with van der Waals surface area (Å²) in [7, 11) is 0. The minimum atomic E-state index is -0.474. The van der Waals surface area contributed by atoms with E-state index < -0.39 is 11.6 Å². The number of aryl methyl sites for hydroxylation is 1. The molecule has 2 aromatic heterocycles. The van der Waals surface area contributed by atoms with E-state index in [2.05, 4.69) is 62.3 Å². The number of aromatic nitrogens is 3. The number of carbonyl (C=O) groups is 3. The minimum Gasteiger partial charge on any atom is -0.374 e. The Bertz CT molecular complexity index is 2220. The predicted octanol–water partition coefficient (Wildman–Crippen LogP) is 6.35. The zero-order valence-corrected chi connectivity index (χ0v) is 31.9. The molecule has 3 aliphatic rings. The molecule has 296 valence electrons. The average Bonchev–Trinajstić information content (AvgIpc) is 3.89. The number of carbonyl (C=O) groups excluding carboxylic acids is 3. The minimum absolute atomic E-state index is 0.207. The Kier molecular flexibility index (Phi) is 11.5. The summed E-state index contributed by atoms with van der Waals surface area (Å²) < 4.78 is 30.2. The number of amides is 3. The van der Waals surface area contributed by atoms with Gasteiger partial charge in [-0.15, -0.1) is 0 Å². The molecule has 5 heterocycles. The standard InChI is InChI=1S/C44H48F2N8O3/c45-33-11-14-37(46)35(27-33)39-4-2-22-53(39)40-20-26-54-42(50-40)36(28-48-54)43(56)47-21-1-3-29-5-7-30(8-6-29)17-23-52-24-18-32(19-25-52)31-9-12-34(13-10-31)49-38-15-16-41(55)51-44(38)57/h5-14,20,26-28,32,38-39,49H,1-4,15-19,21-25H2,(H,47,56)(H,51,55,57)/t38?,39-/m1/s1. The molecule has 13 heteroatoms. The first kappa shape index (κ1) is 38.2. The lowest BCUT2D eigenvalue weighted by Crippen LogP contribution is -2.47. The summed E-state index contributed by atoms with van der Waals surface area (Å²) in [4.78, 5) is 46.0. The quantitative estimate of drug-likeness (QED) is 0.0935. The molecule has 3 aliphatic heterocycles. The number of piperidine rings is 2. The number of benzene rings is 3. The summed E-state index contributed by atoms with van der Waals surface area (Å²) in [5, 5.41) is 13.0. The maximum atomic E-state index is 14.7. The molecule has 5 aromatic rings. The number of anilines is 2. The Hall–Kier alpha value is -5.69. The first-order valence-electron chi connectivity index (χ1n) is 20.1. The van der Waals surface area contributed by atoms with E-state index in [-0.39, 0.29) is 29.8 Å². The maximum absolute atomic E-state index is 14.7. The lowest BCUT2D eigenvalue weighted by atomic mass is 9.89. The molecule has 3 amide bonds. The molecule has 1 unspecified atom stereocenters. The average molecular weight is 775 g/mol. The van der Waals surface area contributed by atoms with Gasteiger partial charge in [-0.25, -0.2) is 18.3 Å². The van der Waals surface area contributed by atoms with E-state index in [4.69, 9.17) is 4.98 Å². The molecule has 0 saturated carbocycles. The second-order valence-corrected chi connectivity index (χ2v) is 15.4. The van der Waals surface area contributed by atoms with Gasteiger partial charge in [-0.1, -0.05) is 36.4 Å². The van der Waals surface area contributed by atoms with Crippen LogP contribution in [0.5, 0.6) is 0 Å². The van der Waals surface area contributed by atoms with E-state index in [1.807, 2.05) is 17.0 Å². The van der Waals surface area contributed by atoms with E-state index in [1.54, 1.807) is 16.8 Å². The summed E-state index contributed by atoms with van der Waals surface area (Å²) in [6.45, 7) is 4.30. The highest BCUT2D eigenvalue weighted by molar-refractivity contribution is 6.01. The van der Waals surface area contributed by atoms with Crippen molar-refractivity contribution in [1.82, 2.24) is 30.1 Å². The summed E-state index contributed by atoms with van der Waals surface area (Å²) in [6, 6.07) is 21.8. The SMILES string of the molecule is O=C1CCC(Nc2ccc(C3CCN(CCc4ccc(CCCNC(=O)c5cnn6ccc(N7CCC[C@@H]7c7cc(F)ccc7F)nc56)cc4)CC3)cc2)C(=O)N1. The van der Waals surface area contributed by atoms with Crippen molar-refractivity contribution in [2.24, 2.45) is 0 Å². The van der Waals surface area contributed by atoms with Gasteiger partial charge in [0.1, 0.15) is 29.1 Å². The van der Waals surface area contributed by atoms with Crippen LogP contribution >= 0.6 is 0 Å². The first-order valence-corrected chi connectivity index (χ1v) is 20.1. The van der Waals surface area contributed by atoms with Gasteiger partial charge in [0.05, 0.1) is 12.2 Å². The highest BCUT2D eigenvalue weighted by Gasteiger charge is 2.31. The van der Waals surface area contributed by atoms with Crippen LogP contribution in [0.4, 0.5) is 20.3 Å². The van der Waals surface area contributed by atoms with Crippen LogP contribution in [-0.4, -0.2) is 76.0 Å². The molecular formula is C44H48F2N8O3. The zero-order valence-electron chi connectivity index (χ0n) is 31.9. The summed E-state index contributed by atoms with van der Waals surface area (Å²) in [5.74, 6) is -0.511. The fourth-order valence-electron chi connectivity index (χ4n) is 8.44. The summed E-state index contributed by atoms with van der Waals surface area (Å²) in [5.41, 5.74) is 5.87. The van der Waals surface area contributed by atoms with Gasteiger partial charge >= 0.3 is 0 Å². The highest BCUT2D eigenvalue weighted by Crippen LogP contribution is 2.37. The molecule has 3 aromatic carbocycles. The molecule has 0 spiro atoms. The van der Waals surface area contributed by atoms with E-state index >= 15 is 0 Å². The Labute approximate surface area is 330 Å². The molecule has 0 aliphatic carbocycles. The lowest BCUT2D eigenvalue weighted by molar-refractivity contribution is -0.133. The van der Waals surface area contributed by atoms with Gasteiger partial charge in [0.15, 0.2) is 5.65 Å². The summed E-state index contributed by atoms with van der Waals surface area (Å²) >= 11 is 0. The fraction of sp³-hybridized carbons (Fsp3) is 0.386. The molecular weight excluding hydrogens is 727 g/mol. The molecule has 8 rings (SSSR count). The number of hydrogen-bond donors (Lipinski definition) is 3. The largest absolute Gasteiger partial charge is 0.374 e. The molecule has 3 saturated heterocycles. The third-order valence-electron chi connectivity index (χ3n) is 11.7. The first-order chi connectivity index (χ1) is 27.8. The number of halogens is 2. The Morgan fingerprint density at radius 1 is 0.877 bits per heavy atom. The fourth-order valence-corrected chi connectivity index (χ4v) is 8.44. The van der Waals surface area contributed by atoms with Crippen molar-refractivity contribution in [2.75, 3.05) is 42.9 Å². The van der Waals surface area contributed by atoms with Crippen molar-refractivity contribution in [3.8, 4) is 0 Å². The second-order valence-electron chi connectivity index (χ2n) is 15.4. The third kappa shape index (κ3) is 8.99. The van der Waals surface area contributed by atoms with Crippen LogP contribution in [0.1, 0.15) is 89.5 Å². The highest BCUT2D eigenvalue weighted by atomic mass is 19.1. The Balaban J connectivity index is 0.759. The topological polar surface area (TPSA) is 124 Å². The molecule has 0 bridgehead atoms. The number of hydrogen-bond acceptors (Lipinski definition) is 8. The molecule has 3 N–H and O–H groups in total. The number of nitrogens with one attached hydrogen (secondary N) is 3. The normalized spacial score (nSPS) is 19.2. The van der Waals surface area contributed by atoms with Crippen molar-refractivity contribution in [3.05, 3.63) is 125 Å². The van der Waals surface area contributed by atoms with E-state index in [9.17, 15) is 23.2 Å². The van der Waals surface area contributed by atoms with E-state index in [1.165, 1.54) is 29.0 Å². The molecule has 57 heavy (non-hydrogen) atoms. The van der Waals surface area contributed by atoms with Crippen molar-refractivity contribution < 1.29 is 23.2 Å². The number of fused-ring (bicyclic) bond motifs is 1. The van der Waals surface area contributed by atoms with Gasteiger partial charge in [0, 0.05) is 43.5 Å². The zero-order chi connectivity index (χ0) is 39.3. The van der Waals surface area contributed by atoms with Crippen LogP contribution in [0.3, 0.4) is 0 Å². The number of imide groups is 1.